The van der Waals surface area contributed by atoms with Gasteiger partial charge in [0.05, 0.1) is 6.10 Å². The predicted molar refractivity (Wildman–Crippen MR) is 33.0 cm³/mol. The molecule has 0 spiro atoms. The van der Waals surface area contributed by atoms with Gasteiger partial charge in [0.15, 0.2) is 0 Å². The summed E-state index contributed by atoms with van der Waals surface area (Å²) in [4.78, 5) is 10.3. The number of carbonyl (C=O) groups excluding carboxylic acids is 1. The molecule has 0 aliphatic rings. The molecule has 0 fully saturated rings. The summed E-state index contributed by atoms with van der Waals surface area (Å²) in [7, 11) is -2.71. The summed E-state index contributed by atoms with van der Waals surface area (Å²) in [5.74, 6) is 0. The van der Waals surface area contributed by atoms with E-state index >= 15 is 0 Å². The lowest BCUT2D eigenvalue weighted by Gasteiger charge is -2.00. The Morgan fingerprint density at radius 2 is 2.00 bits per heavy atom. The SMILES string of the molecule is CC(C)OC(=O)N=S(=O)=O. The van der Waals surface area contributed by atoms with Crippen LogP contribution in [0.1, 0.15) is 13.8 Å². The Labute approximate surface area is 59.7 Å². The molecule has 0 rings (SSSR count). The predicted octanol–water partition coefficient (Wildman–Crippen LogP) is 0.594. The summed E-state index contributed by atoms with van der Waals surface area (Å²) in [6.07, 6.45) is -1.43. The number of nitrogens with zero attached hydrogens (tertiary/aromatic N) is 1. The van der Waals surface area contributed by atoms with Crippen LogP contribution in [0.2, 0.25) is 0 Å². The highest BCUT2D eigenvalue weighted by Crippen LogP contribution is 1.90. The zero-order valence-corrected chi connectivity index (χ0v) is 6.38. The summed E-state index contributed by atoms with van der Waals surface area (Å²) >= 11 is 0. The molecule has 0 saturated carbocycles. The lowest BCUT2D eigenvalue weighted by Crippen LogP contribution is -2.06. The van der Waals surface area contributed by atoms with E-state index in [1.54, 1.807) is 13.8 Å². The van der Waals surface area contributed by atoms with Crippen LogP contribution >= 0.6 is 0 Å². The summed E-state index contributed by atoms with van der Waals surface area (Å²) < 4.78 is 26.4. The van der Waals surface area contributed by atoms with Crippen molar-refractivity contribution in [3.8, 4) is 0 Å². The van der Waals surface area contributed by atoms with Gasteiger partial charge in [-0.2, -0.15) is 8.42 Å². The second-order valence-corrected chi connectivity index (χ2v) is 2.36. The van der Waals surface area contributed by atoms with Gasteiger partial charge in [-0.05, 0) is 13.8 Å². The van der Waals surface area contributed by atoms with Crippen molar-refractivity contribution in [1.29, 1.82) is 0 Å². The summed E-state index contributed by atoms with van der Waals surface area (Å²) in [5.41, 5.74) is 0. The van der Waals surface area contributed by atoms with Gasteiger partial charge in [0.25, 0.3) is 0 Å². The molecule has 0 aliphatic carbocycles. The first kappa shape index (κ1) is 9.09. The average Bonchev–Trinajstić information content (AvgIpc) is 1.58. The van der Waals surface area contributed by atoms with Gasteiger partial charge in [0.2, 0.25) is 0 Å². The molecule has 0 aromatic rings. The first-order valence-corrected chi connectivity index (χ1v) is 3.57. The fourth-order valence-corrected chi connectivity index (χ4v) is 0.449. The molecule has 0 aromatic heterocycles. The minimum absolute atomic E-state index is 0.347. The Kier molecular flexibility index (Phi) is 3.63. The molecule has 1 amide bonds. The second-order valence-electron chi connectivity index (χ2n) is 1.74. The van der Waals surface area contributed by atoms with Crippen LogP contribution in [0.25, 0.3) is 0 Å². The molecule has 0 aromatic carbocycles. The van der Waals surface area contributed by atoms with Crippen molar-refractivity contribution >= 4 is 16.6 Å². The van der Waals surface area contributed by atoms with Crippen molar-refractivity contribution in [2.75, 3.05) is 0 Å². The first-order valence-electron chi connectivity index (χ1n) is 2.54. The van der Waals surface area contributed by atoms with Gasteiger partial charge in [-0.25, -0.2) is 4.79 Å². The summed E-state index contributed by atoms with van der Waals surface area (Å²) in [6, 6.07) is 0. The average molecular weight is 165 g/mol. The van der Waals surface area contributed by atoms with Crippen LogP contribution in [0.3, 0.4) is 0 Å². The maximum Gasteiger partial charge on any atom is 0.448 e. The van der Waals surface area contributed by atoms with Crippen molar-refractivity contribution < 1.29 is 17.9 Å². The molecular formula is C4H7NO4S. The van der Waals surface area contributed by atoms with Crippen LogP contribution in [0.15, 0.2) is 4.36 Å². The van der Waals surface area contributed by atoms with E-state index in [1.165, 1.54) is 0 Å². The Bertz CT molecular complexity index is 232. The fraction of sp³-hybridized carbons (Fsp3) is 0.750. The van der Waals surface area contributed by atoms with E-state index in [1.807, 2.05) is 0 Å². The standard InChI is InChI=1S/C4H7NO4S/c1-3(2)9-4(6)5-10(7)8/h3H,1-2H3. The molecule has 10 heavy (non-hydrogen) atoms. The molecule has 6 heteroatoms. The van der Waals surface area contributed by atoms with Crippen molar-refractivity contribution in [3.63, 3.8) is 0 Å². The van der Waals surface area contributed by atoms with Gasteiger partial charge in [0, 0.05) is 0 Å². The lowest BCUT2D eigenvalue weighted by molar-refractivity contribution is 0.126. The molecule has 0 aliphatic heterocycles. The normalized spacial score (nSPS) is 9.10. The van der Waals surface area contributed by atoms with Gasteiger partial charge in [-0.1, -0.05) is 4.36 Å². The highest BCUT2D eigenvalue weighted by Gasteiger charge is 2.01. The van der Waals surface area contributed by atoms with E-state index in [9.17, 15) is 13.2 Å². The van der Waals surface area contributed by atoms with Crippen LogP contribution in [0.4, 0.5) is 4.79 Å². The number of hydrogen-bond donors (Lipinski definition) is 0. The Hall–Kier alpha value is -0.910. The summed E-state index contributed by atoms with van der Waals surface area (Å²) in [5, 5.41) is 0. The van der Waals surface area contributed by atoms with Crippen LogP contribution in [0.5, 0.6) is 0 Å². The van der Waals surface area contributed by atoms with E-state index in [-0.39, 0.29) is 6.10 Å². The molecule has 0 unspecified atom stereocenters. The highest BCUT2D eigenvalue weighted by molar-refractivity contribution is 7.62. The van der Waals surface area contributed by atoms with E-state index in [2.05, 4.69) is 9.10 Å². The maximum absolute atomic E-state index is 10.3. The molecule has 0 N–H and O–H groups in total. The quantitative estimate of drug-likeness (QED) is 0.570. The van der Waals surface area contributed by atoms with E-state index in [4.69, 9.17) is 0 Å². The van der Waals surface area contributed by atoms with Crippen molar-refractivity contribution in [3.05, 3.63) is 0 Å². The first-order chi connectivity index (χ1) is 4.52. The minimum Gasteiger partial charge on any atom is -0.444 e. The molecule has 0 radical (unpaired) electrons. The van der Waals surface area contributed by atoms with Gasteiger partial charge in [0.1, 0.15) is 0 Å². The third-order valence-electron chi connectivity index (χ3n) is 0.486. The summed E-state index contributed by atoms with van der Waals surface area (Å²) in [6.45, 7) is 3.20. The number of ether oxygens (including phenoxy) is 1. The monoisotopic (exact) mass is 165 g/mol. The smallest absolute Gasteiger partial charge is 0.444 e. The van der Waals surface area contributed by atoms with Gasteiger partial charge >= 0.3 is 16.6 Å². The molecule has 58 valence electrons. The van der Waals surface area contributed by atoms with Crippen LogP contribution in [-0.2, 0) is 15.2 Å². The maximum atomic E-state index is 10.3. The van der Waals surface area contributed by atoms with Gasteiger partial charge in [-0.15, -0.1) is 0 Å². The van der Waals surface area contributed by atoms with Crippen molar-refractivity contribution in [2.24, 2.45) is 4.36 Å². The largest absolute Gasteiger partial charge is 0.448 e. The van der Waals surface area contributed by atoms with E-state index in [0.29, 0.717) is 0 Å². The van der Waals surface area contributed by atoms with Gasteiger partial charge in [-0.3, -0.25) is 0 Å². The third-order valence-corrected chi connectivity index (χ3v) is 0.784. The molecule has 0 bridgehead atoms. The molecule has 0 atom stereocenters. The van der Waals surface area contributed by atoms with Crippen molar-refractivity contribution in [2.45, 2.75) is 20.0 Å². The number of rotatable bonds is 1. The van der Waals surface area contributed by atoms with E-state index in [0.717, 1.165) is 0 Å². The Balaban J connectivity index is 4.01. The van der Waals surface area contributed by atoms with E-state index < -0.39 is 16.6 Å². The zero-order valence-electron chi connectivity index (χ0n) is 5.57. The van der Waals surface area contributed by atoms with Crippen LogP contribution in [0, 0.1) is 0 Å². The third kappa shape index (κ3) is 5.23. The topological polar surface area (TPSA) is 72.8 Å². The minimum atomic E-state index is -2.71. The Morgan fingerprint density at radius 3 is 2.30 bits per heavy atom. The van der Waals surface area contributed by atoms with Crippen molar-refractivity contribution in [1.82, 2.24) is 0 Å². The number of hydrogen-bond acceptors (Lipinski definition) is 4. The molecule has 0 heterocycles. The zero-order chi connectivity index (χ0) is 8.15. The fourth-order valence-electron chi connectivity index (χ4n) is 0.284. The number of carbonyl (C=O) groups is 1. The van der Waals surface area contributed by atoms with Crippen LogP contribution in [-0.4, -0.2) is 20.6 Å². The lowest BCUT2D eigenvalue weighted by atomic mass is 10.5. The molecular weight excluding hydrogens is 158 g/mol. The second kappa shape index (κ2) is 3.99. The Morgan fingerprint density at radius 1 is 1.50 bits per heavy atom. The van der Waals surface area contributed by atoms with Crippen LogP contribution < -0.4 is 0 Å². The highest BCUT2D eigenvalue weighted by atomic mass is 32.2. The van der Waals surface area contributed by atoms with Gasteiger partial charge < -0.3 is 4.74 Å². The number of amides is 1. The molecule has 5 nitrogen and oxygen atoms in total. The molecule has 0 saturated heterocycles.